The summed E-state index contributed by atoms with van der Waals surface area (Å²) in [5.74, 6) is 3.98. The molecule has 1 aromatic rings. The lowest BCUT2D eigenvalue weighted by Crippen LogP contribution is -2.04. The predicted octanol–water partition coefficient (Wildman–Crippen LogP) is 4.39. The SMILES string of the molecule is Cc1cccc2c1C1CCC2C1CC1CC1. The third kappa shape index (κ3) is 1.16. The zero-order valence-electron chi connectivity index (χ0n) is 10.1. The number of rotatable bonds is 2. The lowest BCUT2D eigenvalue weighted by molar-refractivity contribution is 0.419. The summed E-state index contributed by atoms with van der Waals surface area (Å²) in [6.07, 6.45) is 7.51. The number of fused-ring (bicyclic) bond motifs is 5. The van der Waals surface area contributed by atoms with Gasteiger partial charge in [0.15, 0.2) is 0 Å². The van der Waals surface area contributed by atoms with Gasteiger partial charge in [-0.25, -0.2) is 0 Å². The first-order valence-corrected chi connectivity index (χ1v) is 6.94. The van der Waals surface area contributed by atoms with Crippen molar-refractivity contribution in [1.82, 2.24) is 0 Å². The Kier molecular flexibility index (Phi) is 1.81. The quantitative estimate of drug-likeness (QED) is 0.682. The van der Waals surface area contributed by atoms with E-state index in [2.05, 4.69) is 25.1 Å². The molecule has 0 saturated heterocycles. The van der Waals surface area contributed by atoms with Crippen molar-refractivity contribution >= 4 is 0 Å². The van der Waals surface area contributed by atoms with Gasteiger partial charge in [-0.15, -0.1) is 0 Å². The van der Waals surface area contributed by atoms with E-state index in [1.807, 2.05) is 0 Å². The van der Waals surface area contributed by atoms with Crippen LogP contribution in [0.15, 0.2) is 18.2 Å². The number of hydrogen-bond donors (Lipinski definition) is 0. The molecule has 0 spiro atoms. The molecule has 3 aliphatic rings. The van der Waals surface area contributed by atoms with Crippen LogP contribution in [0.5, 0.6) is 0 Å². The molecule has 2 fully saturated rings. The Hall–Kier alpha value is -0.780. The molecule has 4 rings (SSSR count). The Morgan fingerprint density at radius 3 is 2.62 bits per heavy atom. The third-order valence-electron chi connectivity index (χ3n) is 5.25. The lowest BCUT2D eigenvalue weighted by Gasteiger charge is -2.16. The van der Waals surface area contributed by atoms with E-state index in [0.29, 0.717) is 0 Å². The first kappa shape index (κ1) is 9.27. The summed E-state index contributed by atoms with van der Waals surface area (Å²) < 4.78 is 0. The maximum absolute atomic E-state index is 2.41. The lowest BCUT2D eigenvalue weighted by atomic mass is 9.88. The first-order chi connectivity index (χ1) is 7.84. The highest BCUT2D eigenvalue weighted by Gasteiger charge is 2.47. The Balaban J connectivity index is 1.74. The molecule has 1 aromatic carbocycles. The predicted molar refractivity (Wildman–Crippen MR) is 66.7 cm³/mol. The fraction of sp³-hybridized carbons (Fsp3) is 0.625. The van der Waals surface area contributed by atoms with E-state index < -0.39 is 0 Å². The van der Waals surface area contributed by atoms with E-state index >= 15 is 0 Å². The average Bonchev–Trinajstić information content (AvgIpc) is 2.95. The van der Waals surface area contributed by atoms with Crippen LogP contribution in [0.4, 0.5) is 0 Å². The Bertz CT molecular complexity index is 428. The van der Waals surface area contributed by atoms with Gasteiger partial charge >= 0.3 is 0 Å². The van der Waals surface area contributed by atoms with Crippen LogP contribution in [0.25, 0.3) is 0 Å². The third-order valence-corrected chi connectivity index (χ3v) is 5.25. The maximum Gasteiger partial charge on any atom is -0.0122 e. The summed E-state index contributed by atoms with van der Waals surface area (Å²) in [5.41, 5.74) is 5.04. The molecule has 3 aliphatic carbocycles. The van der Waals surface area contributed by atoms with Crippen molar-refractivity contribution in [3.8, 4) is 0 Å². The summed E-state index contributed by atoms with van der Waals surface area (Å²) in [5, 5.41) is 0. The van der Waals surface area contributed by atoms with Crippen LogP contribution in [-0.4, -0.2) is 0 Å². The van der Waals surface area contributed by atoms with Crippen LogP contribution >= 0.6 is 0 Å². The van der Waals surface area contributed by atoms with Crippen molar-refractivity contribution in [2.75, 3.05) is 0 Å². The molecule has 16 heavy (non-hydrogen) atoms. The van der Waals surface area contributed by atoms with Crippen molar-refractivity contribution in [3.05, 3.63) is 34.9 Å². The fourth-order valence-corrected chi connectivity index (χ4v) is 4.41. The van der Waals surface area contributed by atoms with E-state index in [0.717, 1.165) is 23.7 Å². The van der Waals surface area contributed by atoms with Crippen molar-refractivity contribution < 1.29 is 0 Å². The highest BCUT2D eigenvalue weighted by molar-refractivity contribution is 5.47. The van der Waals surface area contributed by atoms with Gasteiger partial charge in [0, 0.05) is 0 Å². The molecular formula is C16H20. The molecular weight excluding hydrogens is 192 g/mol. The molecule has 3 unspecified atom stereocenters. The summed E-state index contributed by atoms with van der Waals surface area (Å²) in [6, 6.07) is 6.99. The van der Waals surface area contributed by atoms with Crippen molar-refractivity contribution in [1.29, 1.82) is 0 Å². The summed E-state index contributed by atoms with van der Waals surface area (Å²) in [4.78, 5) is 0. The Labute approximate surface area is 98.1 Å². The molecule has 0 radical (unpaired) electrons. The maximum atomic E-state index is 2.41. The second-order valence-electron chi connectivity index (χ2n) is 6.21. The van der Waals surface area contributed by atoms with Gasteiger partial charge in [0.2, 0.25) is 0 Å². The molecule has 0 amide bonds. The van der Waals surface area contributed by atoms with Crippen molar-refractivity contribution in [3.63, 3.8) is 0 Å². The molecule has 0 aliphatic heterocycles. The fourth-order valence-electron chi connectivity index (χ4n) is 4.41. The number of hydrogen-bond acceptors (Lipinski definition) is 0. The minimum Gasteiger partial charge on any atom is -0.0617 e. The molecule has 84 valence electrons. The average molecular weight is 212 g/mol. The molecule has 0 heteroatoms. The van der Waals surface area contributed by atoms with Crippen LogP contribution in [-0.2, 0) is 0 Å². The topological polar surface area (TPSA) is 0 Å². The van der Waals surface area contributed by atoms with E-state index in [4.69, 9.17) is 0 Å². The molecule has 3 atom stereocenters. The van der Waals surface area contributed by atoms with E-state index in [1.165, 1.54) is 32.1 Å². The highest BCUT2D eigenvalue weighted by Crippen LogP contribution is 2.61. The molecule has 0 heterocycles. The highest BCUT2D eigenvalue weighted by atomic mass is 14.5. The first-order valence-electron chi connectivity index (χ1n) is 6.94. The molecule has 2 saturated carbocycles. The molecule has 2 bridgehead atoms. The second-order valence-corrected chi connectivity index (χ2v) is 6.21. The monoisotopic (exact) mass is 212 g/mol. The summed E-state index contributed by atoms with van der Waals surface area (Å²) >= 11 is 0. The smallest absolute Gasteiger partial charge is 0.0122 e. The van der Waals surface area contributed by atoms with Gasteiger partial charge in [0.05, 0.1) is 0 Å². The largest absolute Gasteiger partial charge is 0.0617 e. The van der Waals surface area contributed by atoms with Crippen LogP contribution < -0.4 is 0 Å². The standard InChI is InChI=1S/C16H20/c1-10-3-2-4-13-12-7-8-14(16(10)13)15(12)9-11-5-6-11/h2-4,11-12,14-15H,5-9H2,1H3. The normalized spacial score (nSPS) is 35.4. The summed E-state index contributed by atoms with van der Waals surface area (Å²) in [6.45, 7) is 2.31. The van der Waals surface area contributed by atoms with E-state index in [-0.39, 0.29) is 0 Å². The van der Waals surface area contributed by atoms with Gasteiger partial charge in [0.25, 0.3) is 0 Å². The Morgan fingerprint density at radius 1 is 1.06 bits per heavy atom. The van der Waals surface area contributed by atoms with E-state index in [1.54, 1.807) is 16.7 Å². The van der Waals surface area contributed by atoms with Gasteiger partial charge in [-0.05, 0) is 66.5 Å². The van der Waals surface area contributed by atoms with E-state index in [9.17, 15) is 0 Å². The van der Waals surface area contributed by atoms with Crippen LogP contribution in [0.1, 0.15) is 60.6 Å². The van der Waals surface area contributed by atoms with Gasteiger partial charge in [-0.2, -0.15) is 0 Å². The number of aryl methyl sites for hydroxylation is 1. The van der Waals surface area contributed by atoms with Gasteiger partial charge in [-0.1, -0.05) is 31.0 Å². The molecule has 0 N–H and O–H groups in total. The Morgan fingerprint density at radius 2 is 1.88 bits per heavy atom. The minimum atomic E-state index is 0.931. The number of benzene rings is 1. The zero-order valence-corrected chi connectivity index (χ0v) is 10.1. The molecule has 0 aromatic heterocycles. The van der Waals surface area contributed by atoms with Gasteiger partial charge in [0.1, 0.15) is 0 Å². The van der Waals surface area contributed by atoms with Gasteiger partial charge < -0.3 is 0 Å². The molecule has 0 nitrogen and oxygen atoms in total. The zero-order chi connectivity index (χ0) is 10.7. The second kappa shape index (κ2) is 3.12. The van der Waals surface area contributed by atoms with Gasteiger partial charge in [-0.3, -0.25) is 0 Å². The van der Waals surface area contributed by atoms with Crippen molar-refractivity contribution in [2.24, 2.45) is 11.8 Å². The summed E-state index contributed by atoms with van der Waals surface area (Å²) in [7, 11) is 0. The van der Waals surface area contributed by atoms with Crippen LogP contribution in [0.3, 0.4) is 0 Å². The van der Waals surface area contributed by atoms with Crippen molar-refractivity contribution in [2.45, 2.75) is 50.9 Å². The van der Waals surface area contributed by atoms with Crippen LogP contribution in [0.2, 0.25) is 0 Å². The van der Waals surface area contributed by atoms with Crippen LogP contribution in [0, 0.1) is 18.8 Å². The minimum absolute atomic E-state index is 0.931.